The smallest absolute Gasteiger partial charge is 0.302 e. The Labute approximate surface area is 166 Å². The summed E-state index contributed by atoms with van der Waals surface area (Å²) < 4.78 is 4.69. The molecular formula is C23H40O4. The monoisotopic (exact) mass is 380 g/mol. The van der Waals surface area contributed by atoms with E-state index >= 15 is 0 Å². The maximum Gasteiger partial charge on any atom is 0.302 e. The molecule has 4 heteroatoms. The van der Waals surface area contributed by atoms with Gasteiger partial charge in [-0.2, -0.15) is 0 Å². The van der Waals surface area contributed by atoms with Crippen molar-refractivity contribution >= 4 is 11.8 Å². The maximum absolute atomic E-state index is 11.7. The summed E-state index contributed by atoms with van der Waals surface area (Å²) in [5.41, 5.74) is 0. The molecule has 0 amide bonds. The van der Waals surface area contributed by atoms with Gasteiger partial charge < -0.3 is 9.84 Å². The van der Waals surface area contributed by atoms with Gasteiger partial charge in [0.15, 0.2) is 0 Å². The summed E-state index contributed by atoms with van der Waals surface area (Å²) in [4.78, 5) is 22.4. The largest absolute Gasteiger partial charge is 0.463 e. The Hall–Kier alpha value is -1.42. The number of carbonyl (C=O) groups excluding carboxylic acids is 2. The van der Waals surface area contributed by atoms with Gasteiger partial charge in [0.2, 0.25) is 0 Å². The van der Waals surface area contributed by atoms with Gasteiger partial charge in [-0.1, -0.05) is 63.3 Å². The van der Waals surface area contributed by atoms with E-state index in [-0.39, 0.29) is 18.8 Å². The first-order chi connectivity index (χ1) is 13.1. The first-order valence-corrected chi connectivity index (χ1v) is 10.7. The van der Waals surface area contributed by atoms with Crippen LogP contribution in [0.15, 0.2) is 24.3 Å². The van der Waals surface area contributed by atoms with Gasteiger partial charge in [-0.05, 0) is 38.5 Å². The third kappa shape index (κ3) is 20.7. The highest BCUT2D eigenvalue weighted by atomic mass is 16.5. The summed E-state index contributed by atoms with van der Waals surface area (Å²) in [6, 6.07) is 0. The Balaban J connectivity index is 3.40. The van der Waals surface area contributed by atoms with E-state index < -0.39 is 12.1 Å². The van der Waals surface area contributed by atoms with E-state index in [0.29, 0.717) is 6.42 Å². The lowest BCUT2D eigenvalue weighted by atomic mass is 10.0. The second-order valence-corrected chi connectivity index (χ2v) is 7.18. The Morgan fingerprint density at radius 2 is 1.48 bits per heavy atom. The minimum atomic E-state index is -0.876. The summed E-state index contributed by atoms with van der Waals surface area (Å²) in [5, 5.41) is 9.59. The van der Waals surface area contributed by atoms with Crippen LogP contribution in [-0.2, 0) is 14.3 Å². The number of ketones is 1. The summed E-state index contributed by atoms with van der Waals surface area (Å²) in [6.45, 7) is 3.42. The molecule has 0 bridgehead atoms. The van der Waals surface area contributed by atoms with E-state index in [9.17, 15) is 14.7 Å². The van der Waals surface area contributed by atoms with Gasteiger partial charge in [0, 0.05) is 19.8 Å². The fraction of sp³-hybridized carbons (Fsp3) is 0.739. The first-order valence-electron chi connectivity index (χ1n) is 10.7. The lowest BCUT2D eigenvalue weighted by molar-refractivity contribution is -0.145. The second-order valence-electron chi connectivity index (χ2n) is 7.18. The van der Waals surface area contributed by atoms with E-state index in [0.717, 1.165) is 32.1 Å². The minimum Gasteiger partial charge on any atom is -0.463 e. The lowest BCUT2D eigenvalue weighted by Gasteiger charge is -2.09. The van der Waals surface area contributed by atoms with E-state index in [4.69, 9.17) is 0 Å². The minimum absolute atomic E-state index is 0.0420. The summed E-state index contributed by atoms with van der Waals surface area (Å²) in [5.74, 6) is -0.393. The van der Waals surface area contributed by atoms with Crippen LogP contribution in [0.25, 0.3) is 0 Å². The molecule has 0 aromatic heterocycles. The molecule has 0 saturated carbocycles. The molecule has 156 valence electrons. The summed E-state index contributed by atoms with van der Waals surface area (Å²) >= 11 is 0. The van der Waals surface area contributed by atoms with Crippen molar-refractivity contribution in [2.75, 3.05) is 6.61 Å². The highest BCUT2D eigenvalue weighted by Crippen LogP contribution is 2.10. The number of carbonyl (C=O) groups is 2. The summed E-state index contributed by atoms with van der Waals surface area (Å²) in [6.07, 6.45) is 21.5. The number of rotatable bonds is 18. The number of esters is 1. The molecular weight excluding hydrogens is 340 g/mol. The van der Waals surface area contributed by atoms with Crippen LogP contribution in [0.1, 0.15) is 97.3 Å². The molecule has 0 saturated heterocycles. The highest BCUT2D eigenvalue weighted by molar-refractivity contribution is 5.78. The Morgan fingerprint density at radius 3 is 2.11 bits per heavy atom. The fourth-order valence-corrected chi connectivity index (χ4v) is 2.77. The van der Waals surface area contributed by atoms with Gasteiger partial charge in [0.05, 0.1) is 6.10 Å². The number of allylic oxidation sites excluding steroid dienone is 4. The first kappa shape index (κ1) is 25.6. The number of aliphatic hydroxyl groups is 1. The second kappa shape index (κ2) is 19.3. The standard InChI is InChI=1S/C23H40O4/c1-3-4-5-6-7-8-9-10-11-12-13-14-15-16-17-18-22(25)19-23(26)20-27-21(2)24/h7-8,10-11,23,26H,3-6,9,12-20H2,1-2H3/b8-7?,11-10-. The van der Waals surface area contributed by atoms with Gasteiger partial charge in [-0.25, -0.2) is 0 Å². The van der Waals surface area contributed by atoms with Gasteiger partial charge in [-0.3, -0.25) is 9.59 Å². The van der Waals surface area contributed by atoms with Gasteiger partial charge in [-0.15, -0.1) is 0 Å². The predicted molar refractivity (Wildman–Crippen MR) is 112 cm³/mol. The van der Waals surface area contributed by atoms with Crippen molar-refractivity contribution in [1.29, 1.82) is 0 Å². The van der Waals surface area contributed by atoms with Crippen molar-refractivity contribution in [2.45, 2.75) is 103 Å². The average molecular weight is 381 g/mol. The Morgan fingerprint density at radius 1 is 0.889 bits per heavy atom. The van der Waals surface area contributed by atoms with Gasteiger partial charge in [0.1, 0.15) is 12.4 Å². The van der Waals surface area contributed by atoms with Crippen LogP contribution in [0.3, 0.4) is 0 Å². The molecule has 0 fully saturated rings. The number of unbranched alkanes of at least 4 members (excludes halogenated alkanes) is 8. The molecule has 1 N–H and O–H groups in total. The molecule has 0 heterocycles. The molecule has 4 nitrogen and oxygen atoms in total. The molecule has 0 aliphatic carbocycles. The van der Waals surface area contributed by atoms with Crippen LogP contribution in [0.4, 0.5) is 0 Å². The molecule has 0 rings (SSSR count). The zero-order valence-corrected chi connectivity index (χ0v) is 17.5. The Kier molecular flexibility index (Phi) is 18.3. The molecule has 0 aliphatic rings. The Bertz CT molecular complexity index is 426. The molecule has 27 heavy (non-hydrogen) atoms. The number of ether oxygens (including phenoxy) is 1. The number of hydrogen-bond donors (Lipinski definition) is 1. The van der Waals surface area contributed by atoms with Crippen molar-refractivity contribution in [3.05, 3.63) is 24.3 Å². The number of Topliss-reactive ketones (excluding diaryl/α,β-unsaturated/α-hetero) is 1. The third-order valence-corrected chi connectivity index (χ3v) is 4.35. The van der Waals surface area contributed by atoms with E-state index in [2.05, 4.69) is 36.0 Å². The molecule has 0 aliphatic heterocycles. The highest BCUT2D eigenvalue weighted by Gasteiger charge is 2.11. The van der Waals surface area contributed by atoms with Crippen LogP contribution >= 0.6 is 0 Å². The average Bonchev–Trinajstić information content (AvgIpc) is 2.63. The number of aliphatic hydroxyl groups excluding tert-OH is 1. The third-order valence-electron chi connectivity index (χ3n) is 4.35. The van der Waals surface area contributed by atoms with Gasteiger partial charge >= 0.3 is 5.97 Å². The van der Waals surface area contributed by atoms with Crippen LogP contribution in [-0.4, -0.2) is 29.6 Å². The van der Waals surface area contributed by atoms with Gasteiger partial charge in [0.25, 0.3) is 0 Å². The molecule has 0 aromatic carbocycles. The topological polar surface area (TPSA) is 63.6 Å². The summed E-state index contributed by atoms with van der Waals surface area (Å²) in [7, 11) is 0. The quantitative estimate of drug-likeness (QED) is 0.189. The van der Waals surface area contributed by atoms with Crippen LogP contribution in [0.2, 0.25) is 0 Å². The molecule has 0 aromatic rings. The van der Waals surface area contributed by atoms with Crippen molar-refractivity contribution < 1.29 is 19.4 Å². The fourth-order valence-electron chi connectivity index (χ4n) is 2.77. The van der Waals surface area contributed by atoms with E-state index in [1.165, 1.54) is 45.4 Å². The van der Waals surface area contributed by atoms with E-state index in [1.54, 1.807) is 0 Å². The SMILES string of the molecule is CCCCCC=CC/C=C\CCCCCCCC(=O)CC(O)COC(C)=O. The maximum atomic E-state index is 11.7. The lowest BCUT2D eigenvalue weighted by Crippen LogP contribution is -2.20. The molecule has 0 radical (unpaired) electrons. The van der Waals surface area contributed by atoms with Crippen LogP contribution in [0.5, 0.6) is 0 Å². The van der Waals surface area contributed by atoms with Crippen molar-refractivity contribution in [1.82, 2.24) is 0 Å². The van der Waals surface area contributed by atoms with E-state index in [1.807, 2.05) is 0 Å². The van der Waals surface area contributed by atoms with Crippen molar-refractivity contribution in [2.24, 2.45) is 0 Å². The van der Waals surface area contributed by atoms with Crippen LogP contribution < -0.4 is 0 Å². The van der Waals surface area contributed by atoms with Crippen molar-refractivity contribution in [3.8, 4) is 0 Å². The normalized spacial score (nSPS) is 12.7. The molecule has 1 unspecified atom stereocenters. The predicted octanol–water partition coefficient (Wildman–Crippen LogP) is 5.68. The zero-order valence-electron chi connectivity index (χ0n) is 17.5. The molecule has 1 atom stereocenters. The van der Waals surface area contributed by atoms with Crippen LogP contribution in [0, 0.1) is 0 Å². The van der Waals surface area contributed by atoms with Crippen molar-refractivity contribution in [3.63, 3.8) is 0 Å². The zero-order chi connectivity index (χ0) is 20.2. The number of hydrogen-bond acceptors (Lipinski definition) is 4. The molecule has 0 spiro atoms.